The Balaban J connectivity index is 7.07. The van der Waals surface area contributed by atoms with Crippen molar-refractivity contribution in [2.45, 2.75) is 46.6 Å². The predicted octanol–water partition coefficient (Wildman–Crippen LogP) is 4.51. The summed E-state index contributed by atoms with van der Waals surface area (Å²) in [6, 6.07) is 0. The normalized spacial score (nSPS) is 16.8. The molecule has 0 aliphatic heterocycles. The van der Waals surface area contributed by atoms with Crippen molar-refractivity contribution >= 4 is 20.2 Å². The molecule has 0 spiro atoms. The lowest BCUT2D eigenvalue weighted by atomic mass is 10.1. The SMILES string of the molecule is O=S(=O)(OS(=O)(=O)C(F)(F)C(F)(C(F)(F)F)C(F)(F)F)C(F)(F)C(F)(C(F)(F)F)C(F)(F)F. The molecular weight excluding hydrogens is 582 g/mol. The molecule has 0 aromatic carbocycles. The molecule has 0 N–H and O–H groups in total. The van der Waals surface area contributed by atoms with Gasteiger partial charge in [0.1, 0.15) is 0 Å². The third-order valence-electron chi connectivity index (χ3n) is 3.17. The second-order valence-corrected chi connectivity index (χ2v) is 8.70. The molecule has 0 saturated carbocycles. The lowest BCUT2D eigenvalue weighted by Gasteiger charge is -2.36. The number of rotatable bonds is 6. The van der Waals surface area contributed by atoms with E-state index in [1.807, 2.05) is 0 Å². The summed E-state index contributed by atoms with van der Waals surface area (Å²) in [7, 11) is -18.2. The minimum Gasteiger partial charge on any atom is -0.215 e. The summed E-state index contributed by atoms with van der Waals surface area (Å²) >= 11 is 0. The van der Waals surface area contributed by atoms with Crippen molar-refractivity contribution in [1.82, 2.24) is 0 Å². The molecule has 25 heteroatoms. The van der Waals surface area contributed by atoms with E-state index >= 15 is 0 Å². The van der Waals surface area contributed by atoms with E-state index in [4.69, 9.17) is 0 Å². The zero-order valence-electron chi connectivity index (χ0n) is 13.7. The smallest absolute Gasteiger partial charge is 0.215 e. The summed E-state index contributed by atoms with van der Waals surface area (Å²) in [6.07, 6.45) is -32.5. The van der Waals surface area contributed by atoms with Gasteiger partial charge in [0.15, 0.2) is 0 Å². The first-order valence-electron chi connectivity index (χ1n) is 6.31. The maximum atomic E-state index is 13.3. The van der Waals surface area contributed by atoms with Gasteiger partial charge in [-0.3, -0.25) is 0 Å². The molecule has 0 aromatic heterocycles. The Hall–Kier alpha value is -1.40. The molecule has 0 aliphatic rings. The molecule has 33 heavy (non-hydrogen) atoms. The molecule has 0 atom stereocenters. The van der Waals surface area contributed by atoms with Gasteiger partial charge in [-0.2, -0.15) is 87.1 Å². The lowest BCUT2D eigenvalue weighted by Crippen LogP contribution is -2.69. The number of alkyl halides is 18. The van der Waals surface area contributed by atoms with Crippen molar-refractivity contribution in [3.05, 3.63) is 0 Å². The summed E-state index contributed by atoms with van der Waals surface area (Å²) in [5.41, 5.74) is -16.9. The fourth-order valence-corrected chi connectivity index (χ4v) is 4.31. The molecule has 0 aliphatic carbocycles. The van der Waals surface area contributed by atoms with E-state index in [-0.39, 0.29) is 0 Å². The van der Waals surface area contributed by atoms with Gasteiger partial charge in [-0.15, -0.1) is 3.63 Å². The second kappa shape index (κ2) is 7.55. The van der Waals surface area contributed by atoms with Gasteiger partial charge >= 0.3 is 66.8 Å². The van der Waals surface area contributed by atoms with Gasteiger partial charge in [-0.25, -0.2) is 8.78 Å². The highest BCUT2D eigenvalue weighted by atomic mass is 32.3. The summed E-state index contributed by atoms with van der Waals surface area (Å²) in [6.45, 7) is 0. The maximum absolute atomic E-state index is 13.3. The second-order valence-electron chi connectivity index (χ2n) is 5.32. The van der Waals surface area contributed by atoms with Gasteiger partial charge in [0.05, 0.1) is 0 Å². The van der Waals surface area contributed by atoms with E-state index in [1.54, 1.807) is 0 Å². The summed E-state index contributed by atoms with van der Waals surface area (Å²) in [5.74, 6) is 0. The molecule has 0 amide bonds. The highest BCUT2D eigenvalue weighted by molar-refractivity contribution is 8.01. The topological polar surface area (TPSA) is 77.5 Å². The molecule has 0 fully saturated rings. The van der Waals surface area contributed by atoms with Crippen LogP contribution < -0.4 is 0 Å². The fourth-order valence-electron chi connectivity index (χ4n) is 1.53. The van der Waals surface area contributed by atoms with Crippen molar-refractivity contribution in [2.24, 2.45) is 0 Å². The summed E-state index contributed by atoms with van der Waals surface area (Å²) in [5, 5.41) is -16.9. The maximum Gasteiger partial charge on any atom is 0.439 e. The van der Waals surface area contributed by atoms with E-state index in [0.717, 1.165) is 0 Å². The van der Waals surface area contributed by atoms with E-state index in [0.29, 0.717) is 0 Å². The first-order valence-corrected chi connectivity index (χ1v) is 9.13. The van der Waals surface area contributed by atoms with Gasteiger partial charge in [0.25, 0.3) is 0 Å². The van der Waals surface area contributed by atoms with Crippen LogP contribution in [0, 0.1) is 0 Å². The first-order chi connectivity index (χ1) is 13.7. The highest BCUT2D eigenvalue weighted by Crippen LogP contribution is 2.59. The molecule has 0 radical (unpaired) electrons. The number of hydrogen-bond acceptors (Lipinski definition) is 5. The van der Waals surface area contributed by atoms with Gasteiger partial charge in [-0.1, -0.05) is 0 Å². The zero-order valence-corrected chi connectivity index (χ0v) is 15.3. The molecule has 5 nitrogen and oxygen atoms in total. The van der Waals surface area contributed by atoms with Crippen molar-refractivity contribution in [1.29, 1.82) is 0 Å². The van der Waals surface area contributed by atoms with Crippen molar-refractivity contribution in [3.8, 4) is 0 Å². The minimum atomic E-state index is -9.09. The van der Waals surface area contributed by atoms with Crippen LogP contribution >= 0.6 is 0 Å². The Morgan fingerprint density at radius 2 is 0.515 bits per heavy atom. The van der Waals surface area contributed by atoms with Gasteiger partial charge in [-0.05, 0) is 0 Å². The Bertz CT molecular complexity index is 842. The number of halogens is 18. The molecule has 0 unspecified atom stereocenters. The third kappa shape index (κ3) is 4.27. The number of hydrogen-bond donors (Lipinski definition) is 0. The molecule has 0 rings (SSSR count). The van der Waals surface area contributed by atoms with Crippen LogP contribution in [0.4, 0.5) is 79.0 Å². The van der Waals surface area contributed by atoms with E-state index in [9.17, 15) is 95.9 Å². The highest BCUT2D eigenvalue weighted by Gasteiger charge is 2.92. The van der Waals surface area contributed by atoms with E-state index < -0.39 is 66.8 Å². The Morgan fingerprint density at radius 1 is 0.364 bits per heavy atom. The molecule has 0 bridgehead atoms. The van der Waals surface area contributed by atoms with Crippen LogP contribution in [0.25, 0.3) is 0 Å². The monoisotopic (exact) mass is 582 g/mol. The fraction of sp³-hybridized carbons (Fsp3) is 1.00. The van der Waals surface area contributed by atoms with E-state index in [1.165, 1.54) is 3.63 Å². The molecule has 0 aromatic rings. The lowest BCUT2D eigenvalue weighted by molar-refractivity contribution is -0.380. The van der Waals surface area contributed by atoms with Crippen LogP contribution in [0.15, 0.2) is 0 Å². The molecule has 0 saturated heterocycles. The van der Waals surface area contributed by atoms with Crippen LogP contribution in [-0.2, 0) is 23.9 Å². The van der Waals surface area contributed by atoms with E-state index in [2.05, 4.69) is 0 Å². The first kappa shape index (κ1) is 31.6. The van der Waals surface area contributed by atoms with Crippen LogP contribution in [0.5, 0.6) is 0 Å². The van der Waals surface area contributed by atoms with Gasteiger partial charge < -0.3 is 0 Å². The van der Waals surface area contributed by atoms with Gasteiger partial charge in [0.2, 0.25) is 0 Å². The Labute approximate surface area is 167 Å². The molecular formula is C8F18O5S2. The van der Waals surface area contributed by atoms with Crippen LogP contribution in [0.2, 0.25) is 0 Å². The standard InChI is InChI=1S/C8F18O5S2/c9-1(3(11,12)13,4(14,15)16)7(23,24)32(27,28)31-33(29,30)8(25,26)2(10,5(17,18)19)6(20,21)22. The summed E-state index contributed by atoms with van der Waals surface area (Å²) < 4.78 is 272. The average Bonchev–Trinajstić information content (AvgIpc) is 2.46. The van der Waals surface area contributed by atoms with Crippen LogP contribution in [-0.4, -0.2) is 63.4 Å². The Morgan fingerprint density at radius 3 is 0.636 bits per heavy atom. The largest absolute Gasteiger partial charge is 0.439 e. The molecule has 200 valence electrons. The zero-order chi connectivity index (χ0) is 27.7. The molecule has 0 heterocycles. The quantitative estimate of drug-likeness (QED) is 0.431. The minimum absolute atomic E-state index is 1.39. The van der Waals surface area contributed by atoms with Crippen molar-refractivity contribution < 1.29 is 99.5 Å². The van der Waals surface area contributed by atoms with Crippen LogP contribution in [0.1, 0.15) is 0 Å². The van der Waals surface area contributed by atoms with Crippen molar-refractivity contribution in [3.63, 3.8) is 0 Å². The summed E-state index contributed by atoms with van der Waals surface area (Å²) in [4.78, 5) is 0. The average molecular weight is 582 g/mol. The predicted molar refractivity (Wildman–Crippen MR) is 60.7 cm³/mol. The third-order valence-corrected chi connectivity index (χ3v) is 6.42. The van der Waals surface area contributed by atoms with Gasteiger partial charge in [0, 0.05) is 0 Å². The Kier molecular flexibility index (Phi) is 7.23. The van der Waals surface area contributed by atoms with Crippen LogP contribution in [0.3, 0.4) is 0 Å². The van der Waals surface area contributed by atoms with Crippen molar-refractivity contribution in [2.75, 3.05) is 0 Å².